The second kappa shape index (κ2) is 10.6. The Bertz CT molecular complexity index is 1080. The van der Waals surface area contributed by atoms with Crippen LogP contribution in [0.4, 0.5) is 0 Å². The third kappa shape index (κ3) is 5.28. The smallest absolute Gasteiger partial charge is 0.253 e. The number of hydrogen-bond donors (Lipinski definition) is 3. The first-order valence-corrected chi connectivity index (χ1v) is 11.2. The number of likely N-dealkylation sites (N-methyl/N-ethyl adjacent to an activating group) is 1. The molecule has 0 aliphatic heterocycles. The number of nitrogens with one attached hydrogen (secondary N) is 3. The third-order valence-electron chi connectivity index (χ3n) is 5.41. The highest BCUT2D eigenvalue weighted by molar-refractivity contribution is 9.10. The fourth-order valence-electron chi connectivity index (χ4n) is 3.65. The maximum Gasteiger partial charge on any atom is 0.253 e. The molecule has 3 N–H and O–H groups in total. The number of carbonyl (C=O) groups is 2. The normalized spacial score (nSPS) is 13.1. The summed E-state index contributed by atoms with van der Waals surface area (Å²) in [5, 5.41) is 13.7. The SMILES string of the molecule is CCC(C(=O)NC(CNC(=O)c1c(Br)ccc2[nH]ncc12)c1ccc(OC)cc1)N(C)C. The fraction of sp³-hybridized carbons (Fsp3) is 0.348. The van der Waals surface area contributed by atoms with Gasteiger partial charge in [0.25, 0.3) is 5.91 Å². The predicted octanol–water partition coefficient (Wildman–Crippen LogP) is 3.26. The van der Waals surface area contributed by atoms with E-state index in [0.29, 0.717) is 16.5 Å². The lowest BCUT2D eigenvalue weighted by atomic mass is 10.0. The van der Waals surface area contributed by atoms with E-state index in [1.54, 1.807) is 19.4 Å². The Morgan fingerprint density at radius 1 is 1.19 bits per heavy atom. The molecular weight excluding hydrogens is 474 g/mol. The average molecular weight is 502 g/mol. The Kier molecular flexibility index (Phi) is 7.87. The Labute approximate surface area is 195 Å². The number of benzene rings is 2. The Balaban J connectivity index is 1.82. The van der Waals surface area contributed by atoms with E-state index in [1.807, 2.05) is 56.3 Å². The van der Waals surface area contributed by atoms with Crippen molar-refractivity contribution >= 4 is 38.6 Å². The zero-order chi connectivity index (χ0) is 23.3. The highest BCUT2D eigenvalue weighted by atomic mass is 79.9. The number of ether oxygens (including phenoxy) is 1. The number of methoxy groups -OCH3 is 1. The molecule has 8 nitrogen and oxygen atoms in total. The summed E-state index contributed by atoms with van der Waals surface area (Å²) >= 11 is 3.46. The van der Waals surface area contributed by atoms with Crippen LogP contribution in [0, 0.1) is 0 Å². The summed E-state index contributed by atoms with van der Waals surface area (Å²) in [6, 6.07) is 10.4. The van der Waals surface area contributed by atoms with Gasteiger partial charge in [-0.2, -0.15) is 5.10 Å². The van der Waals surface area contributed by atoms with Gasteiger partial charge in [0.1, 0.15) is 5.75 Å². The van der Waals surface area contributed by atoms with Crippen molar-refractivity contribution in [3.8, 4) is 5.75 Å². The topological polar surface area (TPSA) is 99.4 Å². The van der Waals surface area contributed by atoms with Crippen LogP contribution in [0.25, 0.3) is 10.9 Å². The molecule has 2 atom stereocenters. The Morgan fingerprint density at radius 3 is 2.53 bits per heavy atom. The van der Waals surface area contributed by atoms with Gasteiger partial charge in [-0.1, -0.05) is 19.1 Å². The van der Waals surface area contributed by atoms with Gasteiger partial charge in [0, 0.05) is 16.4 Å². The van der Waals surface area contributed by atoms with E-state index in [2.05, 4.69) is 36.8 Å². The summed E-state index contributed by atoms with van der Waals surface area (Å²) in [5.74, 6) is 0.375. The zero-order valence-electron chi connectivity index (χ0n) is 18.6. The number of rotatable bonds is 9. The molecule has 0 saturated heterocycles. The molecule has 0 aliphatic rings. The molecule has 0 fully saturated rings. The minimum absolute atomic E-state index is 0.0920. The molecule has 32 heavy (non-hydrogen) atoms. The highest BCUT2D eigenvalue weighted by Gasteiger charge is 2.24. The quantitative estimate of drug-likeness (QED) is 0.417. The third-order valence-corrected chi connectivity index (χ3v) is 6.08. The van der Waals surface area contributed by atoms with Gasteiger partial charge in [0.15, 0.2) is 0 Å². The van der Waals surface area contributed by atoms with Crippen molar-refractivity contribution in [1.29, 1.82) is 0 Å². The molecule has 9 heteroatoms. The molecule has 2 unspecified atom stereocenters. The standard InChI is InChI=1S/C23H28BrN5O3/c1-5-20(29(2)3)22(30)27-19(14-6-8-15(32-4)9-7-14)13-25-23(31)21-16-12-26-28-18(16)11-10-17(21)24/h6-12,19-20H,5,13H2,1-4H3,(H,25,31)(H,26,28)(H,27,30). The minimum atomic E-state index is -0.409. The van der Waals surface area contributed by atoms with Crippen molar-refractivity contribution < 1.29 is 14.3 Å². The van der Waals surface area contributed by atoms with Crippen LogP contribution in [0.5, 0.6) is 5.75 Å². The molecule has 0 saturated carbocycles. The molecule has 170 valence electrons. The van der Waals surface area contributed by atoms with Crippen LogP contribution in [-0.4, -0.2) is 60.7 Å². The van der Waals surface area contributed by atoms with Crippen LogP contribution in [0.3, 0.4) is 0 Å². The number of aromatic amines is 1. The summed E-state index contributed by atoms with van der Waals surface area (Å²) in [5.41, 5.74) is 2.14. The van der Waals surface area contributed by atoms with Gasteiger partial charge in [-0.25, -0.2) is 0 Å². The first-order chi connectivity index (χ1) is 15.3. The van der Waals surface area contributed by atoms with Gasteiger partial charge in [0.05, 0.1) is 36.5 Å². The summed E-state index contributed by atoms with van der Waals surface area (Å²) < 4.78 is 5.92. The molecule has 2 amide bonds. The number of fused-ring (bicyclic) bond motifs is 1. The van der Waals surface area contributed by atoms with Gasteiger partial charge >= 0.3 is 0 Å². The van der Waals surface area contributed by atoms with E-state index >= 15 is 0 Å². The van der Waals surface area contributed by atoms with Crippen molar-refractivity contribution in [2.45, 2.75) is 25.4 Å². The monoisotopic (exact) mass is 501 g/mol. The molecule has 3 rings (SSSR count). The van der Waals surface area contributed by atoms with Crippen LogP contribution in [0.2, 0.25) is 0 Å². The number of hydrogen-bond acceptors (Lipinski definition) is 5. The molecule has 1 heterocycles. The number of amides is 2. The van der Waals surface area contributed by atoms with Crippen molar-refractivity contribution in [2.75, 3.05) is 27.7 Å². The van der Waals surface area contributed by atoms with Crippen molar-refractivity contribution in [2.24, 2.45) is 0 Å². The molecule has 0 spiro atoms. The van der Waals surface area contributed by atoms with Gasteiger partial charge in [0.2, 0.25) is 5.91 Å². The van der Waals surface area contributed by atoms with E-state index < -0.39 is 6.04 Å². The van der Waals surface area contributed by atoms with Crippen LogP contribution < -0.4 is 15.4 Å². The number of aromatic nitrogens is 2. The van der Waals surface area contributed by atoms with Crippen LogP contribution in [-0.2, 0) is 4.79 Å². The van der Waals surface area contributed by atoms with Crippen LogP contribution in [0.15, 0.2) is 47.1 Å². The molecule has 1 aromatic heterocycles. The second-order valence-corrected chi connectivity index (χ2v) is 8.54. The van der Waals surface area contributed by atoms with E-state index in [0.717, 1.165) is 22.2 Å². The molecule has 2 aromatic carbocycles. The molecule has 0 radical (unpaired) electrons. The van der Waals surface area contributed by atoms with Gasteiger partial charge in [-0.15, -0.1) is 0 Å². The molecule has 3 aromatic rings. The number of carbonyl (C=O) groups excluding carboxylic acids is 2. The minimum Gasteiger partial charge on any atom is -0.497 e. The lowest BCUT2D eigenvalue weighted by Crippen LogP contribution is -2.46. The van der Waals surface area contributed by atoms with E-state index in [1.165, 1.54) is 0 Å². The predicted molar refractivity (Wildman–Crippen MR) is 128 cm³/mol. The van der Waals surface area contributed by atoms with Crippen LogP contribution >= 0.6 is 15.9 Å². The van der Waals surface area contributed by atoms with Crippen molar-refractivity contribution in [3.63, 3.8) is 0 Å². The fourth-order valence-corrected chi connectivity index (χ4v) is 4.17. The second-order valence-electron chi connectivity index (χ2n) is 7.69. The largest absolute Gasteiger partial charge is 0.497 e. The maximum atomic E-state index is 13.1. The zero-order valence-corrected chi connectivity index (χ0v) is 20.2. The Hall–Kier alpha value is -2.91. The summed E-state index contributed by atoms with van der Waals surface area (Å²) in [4.78, 5) is 27.9. The number of nitrogens with zero attached hydrogens (tertiary/aromatic N) is 2. The molecular formula is C23H28BrN5O3. The lowest BCUT2D eigenvalue weighted by Gasteiger charge is -2.26. The van der Waals surface area contributed by atoms with E-state index in [-0.39, 0.29) is 24.4 Å². The first kappa shape index (κ1) is 23.7. The van der Waals surface area contributed by atoms with Gasteiger partial charge in [-0.05, 0) is 66.3 Å². The highest BCUT2D eigenvalue weighted by Crippen LogP contribution is 2.25. The van der Waals surface area contributed by atoms with Crippen molar-refractivity contribution in [3.05, 3.63) is 58.2 Å². The van der Waals surface area contributed by atoms with Crippen molar-refractivity contribution in [1.82, 2.24) is 25.7 Å². The van der Waals surface area contributed by atoms with E-state index in [4.69, 9.17) is 4.74 Å². The van der Waals surface area contributed by atoms with Gasteiger partial charge < -0.3 is 15.4 Å². The maximum absolute atomic E-state index is 13.1. The summed E-state index contributed by atoms with van der Waals surface area (Å²) in [6.07, 6.45) is 2.30. The summed E-state index contributed by atoms with van der Waals surface area (Å²) in [7, 11) is 5.35. The van der Waals surface area contributed by atoms with Crippen LogP contribution in [0.1, 0.15) is 35.3 Å². The van der Waals surface area contributed by atoms with Gasteiger partial charge in [-0.3, -0.25) is 19.6 Å². The average Bonchev–Trinajstić information content (AvgIpc) is 3.25. The summed E-state index contributed by atoms with van der Waals surface area (Å²) in [6.45, 7) is 2.19. The van der Waals surface area contributed by atoms with E-state index in [9.17, 15) is 9.59 Å². The molecule has 0 bridgehead atoms. The number of halogens is 1. The lowest BCUT2D eigenvalue weighted by molar-refractivity contribution is -0.126. The molecule has 0 aliphatic carbocycles. The first-order valence-electron chi connectivity index (χ1n) is 10.4. The Morgan fingerprint density at radius 2 is 1.91 bits per heavy atom. The number of H-pyrrole nitrogens is 1.